The third-order valence-electron chi connectivity index (χ3n) is 2.35. The molecule has 0 amide bonds. The van der Waals surface area contributed by atoms with E-state index in [1.54, 1.807) is 0 Å². The summed E-state index contributed by atoms with van der Waals surface area (Å²) in [6.07, 6.45) is 4.33. The van der Waals surface area contributed by atoms with E-state index in [1.807, 2.05) is 0 Å². The summed E-state index contributed by atoms with van der Waals surface area (Å²) < 4.78 is 5.39. The van der Waals surface area contributed by atoms with E-state index in [0.717, 1.165) is 13.2 Å². The first-order chi connectivity index (χ1) is 6.36. The van der Waals surface area contributed by atoms with E-state index in [0.29, 0.717) is 5.92 Å². The highest BCUT2D eigenvalue weighted by Gasteiger charge is 2.10. The molecule has 0 spiro atoms. The summed E-state index contributed by atoms with van der Waals surface area (Å²) >= 11 is 0. The topological polar surface area (TPSA) is 9.23 Å². The van der Waals surface area contributed by atoms with Gasteiger partial charge in [0.05, 0.1) is 13.2 Å². The van der Waals surface area contributed by atoms with Gasteiger partial charge in [0.15, 0.2) is 0 Å². The van der Waals surface area contributed by atoms with Gasteiger partial charge in [0.2, 0.25) is 0 Å². The van der Waals surface area contributed by atoms with Crippen LogP contribution in [0.4, 0.5) is 0 Å². The minimum absolute atomic E-state index is 0.452. The second-order valence-corrected chi connectivity index (χ2v) is 3.49. The Morgan fingerprint density at radius 2 is 2.31 bits per heavy atom. The molecule has 0 aliphatic carbocycles. The summed E-state index contributed by atoms with van der Waals surface area (Å²) in [5, 5.41) is 0. The first-order valence-electron chi connectivity index (χ1n) is 4.67. The molecule has 0 radical (unpaired) electrons. The minimum Gasteiger partial charge on any atom is -0.376 e. The van der Waals surface area contributed by atoms with E-state index < -0.39 is 0 Å². The highest BCUT2D eigenvalue weighted by atomic mass is 16.5. The quantitative estimate of drug-likeness (QED) is 0.595. The summed E-state index contributed by atoms with van der Waals surface area (Å²) in [7, 11) is 0. The monoisotopic (exact) mass is 174 g/mol. The summed E-state index contributed by atoms with van der Waals surface area (Å²) in [5.41, 5.74) is 2.67. The molecule has 0 fully saturated rings. The van der Waals surface area contributed by atoms with Crippen molar-refractivity contribution in [2.75, 3.05) is 13.2 Å². The van der Waals surface area contributed by atoms with Crippen molar-refractivity contribution in [3.8, 4) is 0 Å². The van der Waals surface area contributed by atoms with Gasteiger partial charge >= 0.3 is 0 Å². The maximum Gasteiger partial charge on any atom is 0.0648 e. The highest BCUT2D eigenvalue weighted by Crippen LogP contribution is 2.20. The van der Waals surface area contributed by atoms with Crippen LogP contribution in [-0.2, 0) is 4.74 Å². The summed E-state index contributed by atoms with van der Waals surface area (Å²) in [6.45, 7) is 3.71. The van der Waals surface area contributed by atoms with E-state index in [-0.39, 0.29) is 0 Å². The Morgan fingerprint density at radius 3 is 3.00 bits per heavy atom. The molecule has 1 unspecified atom stereocenters. The van der Waals surface area contributed by atoms with Crippen LogP contribution in [0.5, 0.6) is 0 Å². The van der Waals surface area contributed by atoms with E-state index in [4.69, 9.17) is 4.74 Å². The molecule has 1 atom stereocenters. The van der Waals surface area contributed by atoms with Gasteiger partial charge in [-0.25, -0.2) is 0 Å². The molecule has 13 heavy (non-hydrogen) atoms. The molecule has 0 aromatic heterocycles. The molecule has 0 saturated carbocycles. The molecule has 0 saturated heterocycles. The normalized spacial score (nSPS) is 21.8. The maximum atomic E-state index is 5.39. The zero-order chi connectivity index (χ0) is 9.10. The number of ether oxygens (including phenoxy) is 1. The van der Waals surface area contributed by atoms with Gasteiger partial charge in [-0.1, -0.05) is 42.0 Å². The predicted molar refractivity (Wildman–Crippen MR) is 53.9 cm³/mol. The average molecular weight is 174 g/mol. The van der Waals surface area contributed by atoms with Gasteiger partial charge in [0.1, 0.15) is 0 Å². The lowest BCUT2D eigenvalue weighted by Crippen LogP contribution is -2.10. The third-order valence-corrected chi connectivity index (χ3v) is 2.35. The van der Waals surface area contributed by atoms with Gasteiger partial charge in [0.25, 0.3) is 0 Å². The van der Waals surface area contributed by atoms with Gasteiger partial charge < -0.3 is 4.74 Å². The fraction of sp³-hybridized carbons (Fsp3) is 0.333. The highest BCUT2D eigenvalue weighted by molar-refractivity contribution is 5.29. The molecular formula is C12H14O. The van der Waals surface area contributed by atoms with E-state index >= 15 is 0 Å². The van der Waals surface area contributed by atoms with Crippen LogP contribution >= 0.6 is 0 Å². The summed E-state index contributed by atoms with van der Waals surface area (Å²) in [5.74, 6) is 0.452. The average Bonchev–Trinajstić information content (AvgIpc) is 2.19. The predicted octanol–water partition coefficient (Wildman–Crippen LogP) is 2.67. The van der Waals surface area contributed by atoms with Crippen molar-refractivity contribution in [1.82, 2.24) is 0 Å². The summed E-state index contributed by atoms with van der Waals surface area (Å²) in [4.78, 5) is 0. The molecular weight excluding hydrogens is 160 g/mol. The van der Waals surface area contributed by atoms with Gasteiger partial charge in [-0.15, -0.1) is 0 Å². The number of rotatable bonds is 1. The second kappa shape index (κ2) is 3.75. The lowest BCUT2D eigenvalue weighted by molar-refractivity contribution is 0.146. The van der Waals surface area contributed by atoms with Crippen molar-refractivity contribution in [3.63, 3.8) is 0 Å². The molecule has 68 valence electrons. The van der Waals surface area contributed by atoms with E-state index in [9.17, 15) is 0 Å². The summed E-state index contributed by atoms with van der Waals surface area (Å²) in [6, 6.07) is 8.62. The van der Waals surface area contributed by atoms with Crippen LogP contribution < -0.4 is 0 Å². The Bertz CT molecular complexity index is 315. The first kappa shape index (κ1) is 8.52. The number of aryl methyl sites for hydroxylation is 1. The third kappa shape index (κ3) is 1.99. The Kier molecular flexibility index (Phi) is 2.46. The molecule has 0 N–H and O–H groups in total. The molecule has 0 bridgehead atoms. The lowest BCUT2D eigenvalue weighted by Gasteiger charge is -2.17. The fourth-order valence-electron chi connectivity index (χ4n) is 1.65. The molecule has 1 heteroatoms. The lowest BCUT2D eigenvalue weighted by atomic mass is 9.97. The molecule has 1 aromatic rings. The van der Waals surface area contributed by atoms with Gasteiger partial charge in [-0.2, -0.15) is 0 Å². The molecule has 1 aliphatic rings. The van der Waals surface area contributed by atoms with E-state index in [1.165, 1.54) is 11.1 Å². The Morgan fingerprint density at radius 1 is 1.38 bits per heavy atom. The van der Waals surface area contributed by atoms with Crippen LogP contribution in [0.3, 0.4) is 0 Å². The molecule has 2 rings (SSSR count). The first-order valence-corrected chi connectivity index (χ1v) is 4.67. The number of benzene rings is 1. The fourth-order valence-corrected chi connectivity index (χ4v) is 1.65. The smallest absolute Gasteiger partial charge is 0.0648 e. The van der Waals surface area contributed by atoms with Crippen LogP contribution in [0.15, 0.2) is 36.4 Å². The van der Waals surface area contributed by atoms with Crippen molar-refractivity contribution >= 4 is 0 Å². The largest absolute Gasteiger partial charge is 0.376 e. The molecule has 1 aliphatic heterocycles. The SMILES string of the molecule is Cc1cccc(C2C=CCOC2)c1. The number of hydrogen-bond acceptors (Lipinski definition) is 1. The van der Waals surface area contributed by atoms with E-state index in [2.05, 4.69) is 43.3 Å². The van der Waals surface area contributed by atoms with Crippen LogP contribution in [-0.4, -0.2) is 13.2 Å². The van der Waals surface area contributed by atoms with Crippen molar-refractivity contribution in [2.24, 2.45) is 0 Å². The van der Waals surface area contributed by atoms with Gasteiger partial charge in [-0.05, 0) is 12.5 Å². The molecule has 1 heterocycles. The van der Waals surface area contributed by atoms with Crippen LogP contribution in [0.1, 0.15) is 17.0 Å². The maximum absolute atomic E-state index is 5.39. The van der Waals surface area contributed by atoms with Crippen molar-refractivity contribution in [3.05, 3.63) is 47.5 Å². The van der Waals surface area contributed by atoms with Crippen molar-refractivity contribution < 1.29 is 4.74 Å². The molecule has 1 aromatic carbocycles. The number of hydrogen-bond donors (Lipinski definition) is 0. The Labute approximate surface area is 79.0 Å². The standard InChI is InChI=1S/C12H14O/c1-10-4-2-5-11(8-10)12-6-3-7-13-9-12/h2-6,8,12H,7,9H2,1H3. The van der Waals surface area contributed by atoms with Crippen molar-refractivity contribution in [2.45, 2.75) is 12.8 Å². The Hall–Kier alpha value is -1.08. The van der Waals surface area contributed by atoms with Gasteiger partial charge in [-0.3, -0.25) is 0 Å². The van der Waals surface area contributed by atoms with Crippen LogP contribution in [0.2, 0.25) is 0 Å². The molecule has 1 nitrogen and oxygen atoms in total. The van der Waals surface area contributed by atoms with Crippen molar-refractivity contribution in [1.29, 1.82) is 0 Å². The van der Waals surface area contributed by atoms with Crippen LogP contribution in [0, 0.1) is 6.92 Å². The Balaban J connectivity index is 2.24. The minimum atomic E-state index is 0.452. The van der Waals surface area contributed by atoms with Gasteiger partial charge in [0, 0.05) is 5.92 Å². The zero-order valence-corrected chi connectivity index (χ0v) is 7.86. The second-order valence-electron chi connectivity index (χ2n) is 3.49. The zero-order valence-electron chi connectivity index (χ0n) is 7.86. The van der Waals surface area contributed by atoms with Crippen LogP contribution in [0.25, 0.3) is 0 Å².